The molecule has 1 heterocycles. The number of aliphatic hydroxyl groups excluding tert-OH is 1. The molecule has 3 aromatic rings. The van der Waals surface area contributed by atoms with Gasteiger partial charge in [0.1, 0.15) is 11.6 Å². The molecule has 0 spiro atoms. The van der Waals surface area contributed by atoms with Crippen LogP contribution >= 0.6 is 0 Å². The van der Waals surface area contributed by atoms with Crippen molar-refractivity contribution in [1.29, 1.82) is 0 Å². The number of nitrogens with zero attached hydrogens (tertiary/aromatic N) is 2. The van der Waals surface area contributed by atoms with Crippen molar-refractivity contribution < 1.29 is 28.2 Å². The van der Waals surface area contributed by atoms with Crippen LogP contribution in [-0.2, 0) is 30.4 Å². The zero-order valence-corrected chi connectivity index (χ0v) is 21.6. The molecule has 0 radical (unpaired) electrons. The van der Waals surface area contributed by atoms with Gasteiger partial charge >= 0.3 is 6.18 Å². The Labute approximate surface area is 220 Å². The summed E-state index contributed by atoms with van der Waals surface area (Å²) in [4.78, 5) is 18.1. The molecule has 7 nitrogen and oxygen atoms in total. The summed E-state index contributed by atoms with van der Waals surface area (Å²) in [5, 5.41) is 23.5. The van der Waals surface area contributed by atoms with E-state index in [1.165, 1.54) is 18.0 Å². The number of benzene rings is 2. The summed E-state index contributed by atoms with van der Waals surface area (Å²) < 4.78 is 39.2. The van der Waals surface area contributed by atoms with E-state index in [2.05, 4.69) is 10.3 Å². The number of phenolic OH excluding ortho intramolecular Hbond substituents is 1. The number of likely N-dealkylation sites (N-methyl/N-ethyl adjacent to an activating group) is 1. The molecular weight excluding hydrogens is 497 g/mol. The molecule has 1 amide bonds. The predicted octanol–water partition coefficient (Wildman–Crippen LogP) is 4.23. The standard InChI is InChI=1S/C28H33F3N4O3/c1-27(2,34-16-24(37)21-7-8-25(32)33-15-21)14-19-6-4-5-18(9-19)12-26(38)35(3)17-20-10-22(28(29,30)31)13-23(36)11-20/h4-11,13,15,24,34,36-37H,12,14,16-17H2,1-3H3,(H2,32,33)/t24-/m1/s1. The van der Waals surface area contributed by atoms with Crippen LogP contribution in [0.3, 0.4) is 0 Å². The van der Waals surface area contributed by atoms with Crippen LogP contribution in [0, 0.1) is 0 Å². The van der Waals surface area contributed by atoms with Gasteiger partial charge in [0.05, 0.1) is 18.1 Å². The number of nitrogens with two attached hydrogens (primary N) is 1. The number of aromatic hydroxyl groups is 1. The topological polar surface area (TPSA) is 112 Å². The molecule has 0 aliphatic rings. The van der Waals surface area contributed by atoms with Gasteiger partial charge in [-0.05, 0) is 61.2 Å². The minimum atomic E-state index is -4.59. The number of hydrogen-bond acceptors (Lipinski definition) is 6. The van der Waals surface area contributed by atoms with Crippen LogP contribution in [0.5, 0.6) is 5.75 Å². The summed E-state index contributed by atoms with van der Waals surface area (Å²) >= 11 is 0. The monoisotopic (exact) mass is 530 g/mol. The average molecular weight is 531 g/mol. The fraction of sp³-hybridized carbons (Fsp3) is 0.357. The van der Waals surface area contributed by atoms with Gasteiger partial charge in [0, 0.05) is 37.4 Å². The molecule has 204 valence electrons. The first-order valence-electron chi connectivity index (χ1n) is 12.1. The molecule has 10 heteroatoms. The molecule has 38 heavy (non-hydrogen) atoms. The third-order valence-corrected chi connectivity index (χ3v) is 6.11. The zero-order chi connectivity index (χ0) is 28.1. The minimum Gasteiger partial charge on any atom is -0.508 e. The van der Waals surface area contributed by atoms with E-state index in [4.69, 9.17) is 5.73 Å². The number of β-amino-alcohol motifs (C(OH)–C–C–N with tert-alkyl or cyclic N) is 1. The lowest BCUT2D eigenvalue weighted by molar-refractivity contribution is -0.137. The molecule has 0 unspecified atom stereocenters. The van der Waals surface area contributed by atoms with E-state index >= 15 is 0 Å². The molecule has 3 rings (SSSR count). The number of rotatable bonds is 10. The highest BCUT2D eigenvalue weighted by Gasteiger charge is 2.31. The number of alkyl halides is 3. The van der Waals surface area contributed by atoms with Gasteiger partial charge in [-0.1, -0.05) is 30.3 Å². The number of anilines is 1. The molecule has 5 N–H and O–H groups in total. The molecule has 2 aromatic carbocycles. The van der Waals surface area contributed by atoms with Crippen LogP contribution in [0.15, 0.2) is 60.8 Å². The Bertz CT molecular complexity index is 1250. The number of nitrogens with one attached hydrogen (secondary N) is 1. The zero-order valence-electron chi connectivity index (χ0n) is 21.6. The van der Waals surface area contributed by atoms with Gasteiger partial charge < -0.3 is 26.2 Å². The lowest BCUT2D eigenvalue weighted by atomic mass is 9.93. The Morgan fingerprint density at radius 1 is 1.08 bits per heavy atom. The fourth-order valence-corrected chi connectivity index (χ4v) is 4.13. The number of phenols is 1. The second kappa shape index (κ2) is 11.8. The second-order valence-electron chi connectivity index (χ2n) is 10.1. The number of amides is 1. The number of pyridine rings is 1. The molecule has 1 atom stereocenters. The summed E-state index contributed by atoms with van der Waals surface area (Å²) in [5.41, 5.74) is 6.87. The number of aromatic nitrogens is 1. The molecule has 0 saturated heterocycles. The number of carbonyl (C=O) groups is 1. The Balaban J connectivity index is 1.58. The molecular formula is C28H33F3N4O3. The normalized spacial score (nSPS) is 12.8. The van der Waals surface area contributed by atoms with Crippen LogP contribution < -0.4 is 11.1 Å². The summed E-state index contributed by atoms with van der Waals surface area (Å²) in [5.74, 6) is -0.386. The lowest BCUT2D eigenvalue weighted by Crippen LogP contribution is -2.43. The Morgan fingerprint density at radius 3 is 2.45 bits per heavy atom. The van der Waals surface area contributed by atoms with E-state index in [9.17, 15) is 28.2 Å². The van der Waals surface area contributed by atoms with Crippen molar-refractivity contribution in [1.82, 2.24) is 15.2 Å². The van der Waals surface area contributed by atoms with E-state index in [1.54, 1.807) is 18.3 Å². The molecule has 0 aliphatic carbocycles. The maximum Gasteiger partial charge on any atom is 0.416 e. The quantitative estimate of drug-likeness (QED) is 0.312. The van der Waals surface area contributed by atoms with Crippen molar-refractivity contribution in [2.75, 3.05) is 19.3 Å². The first kappa shape index (κ1) is 28.9. The van der Waals surface area contributed by atoms with Crippen LogP contribution in [0.1, 0.15) is 47.8 Å². The second-order valence-corrected chi connectivity index (χ2v) is 10.1. The van der Waals surface area contributed by atoms with Crippen molar-refractivity contribution in [2.45, 2.75) is 51.1 Å². The van der Waals surface area contributed by atoms with E-state index < -0.39 is 23.6 Å². The number of carbonyl (C=O) groups excluding carboxylic acids is 1. The van der Waals surface area contributed by atoms with Gasteiger partial charge in [-0.2, -0.15) is 13.2 Å². The third kappa shape index (κ3) is 8.46. The fourth-order valence-electron chi connectivity index (χ4n) is 4.13. The highest BCUT2D eigenvalue weighted by atomic mass is 19.4. The van der Waals surface area contributed by atoms with Crippen molar-refractivity contribution in [3.8, 4) is 5.75 Å². The minimum absolute atomic E-state index is 0.0706. The summed E-state index contributed by atoms with van der Waals surface area (Å²) in [6, 6.07) is 13.7. The highest BCUT2D eigenvalue weighted by Crippen LogP contribution is 2.32. The van der Waals surface area contributed by atoms with Crippen molar-refractivity contribution in [3.63, 3.8) is 0 Å². The number of aliphatic hydroxyl groups is 1. The number of hydrogen-bond donors (Lipinski definition) is 4. The first-order chi connectivity index (χ1) is 17.7. The smallest absolute Gasteiger partial charge is 0.416 e. The van der Waals surface area contributed by atoms with Crippen molar-refractivity contribution in [3.05, 3.63) is 88.6 Å². The third-order valence-electron chi connectivity index (χ3n) is 6.11. The molecule has 0 aliphatic heterocycles. The Morgan fingerprint density at radius 2 is 1.79 bits per heavy atom. The maximum atomic E-state index is 13.1. The number of halogens is 3. The van der Waals surface area contributed by atoms with Gasteiger partial charge in [0.2, 0.25) is 5.91 Å². The van der Waals surface area contributed by atoms with Crippen LogP contribution in [0.2, 0.25) is 0 Å². The summed E-state index contributed by atoms with van der Waals surface area (Å²) in [6.45, 7) is 4.26. The summed E-state index contributed by atoms with van der Waals surface area (Å²) in [7, 11) is 1.51. The Hall–Kier alpha value is -3.63. The van der Waals surface area contributed by atoms with Crippen molar-refractivity contribution in [2.24, 2.45) is 0 Å². The average Bonchev–Trinajstić information content (AvgIpc) is 2.82. The Kier molecular flexibility index (Phi) is 9.01. The molecule has 0 bridgehead atoms. The highest BCUT2D eigenvalue weighted by molar-refractivity contribution is 5.78. The van der Waals surface area contributed by atoms with Gasteiger partial charge in [0.25, 0.3) is 0 Å². The van der Waals surface area contributed by atoms with Gasteiger partial charge in [-0.25, -0.2) is 4.98 Å². The number of nitrogen functional groups attached to an aromatic ring is 1. The lowest BCUT2D eigenvalue weighted by Gasteiger charge is -2.28. The van der Waals surface area contributed by atoms with Gasteiger partial charge in [-0.15, -0.1) is 0 Å². The van der Waals surface area contributed by atoms with E-state index in [1.807, 2.05) is 38.1 Å². The predicted molar refractivity (Wildman–Crippen MR) is 139 cm³/mol. The van der Waals surface area contributed by atoms with Gasteiger partial charge in [-0.3, -0.25) is 4.79 Å². The van der Waals surface area contributed by atoms with Crippen molar-refractivity contribution >= 4 is 11.7 Å². The van der Waals surface area contributed by atoms with E-state index in [0.29, 0.717) is 30.4 Å². The molecule has 0 fully saturated rings. The van der Waals surface area contributed by atoms with Crippen LogP contribution in [0.4, 0.5) is 19.0 Å². The van der Waals surface area contributed by atoms with E-state index in [-0.39, 0.29) is 30.0 Å². The SMILES string of the molecule is CN(Cc1cc(O)cc(C(F)(F)F)c1)C(=O)Cc1cccc(CC(C)(C)NC[C@@H](O)c2ccc(N)nc2)c1. The first-order valence-corrected chi connectivity index (χ1v) is 12.1. The van der Waals surface area contributed by atoms with Crippen LogP contribution in [-0.4, -0.2) is 45.1 Å². The summed E-state index contributed by atoms with van der Waals surface area (Å²) in [6.07, 6.45) is -3.10. The largest absolute Gasteiger partial charge is 0.508 e. The van der Waals surface area contributed by atoms with Gasteiger partial charge in [0.15, 0.2) is 0 Å². The van der Waals surface area contributed by atoms with Crippen LogP contribution in [0.25, 0.3) is 0 Å². The molecule has 0 saturated carbocycles. The van der Waals surface area contributed by atoms with E-state index in [0.717, 1.165) is 17.2 Å². The molecule has 1 aromatic heterocycles. The maximum absolute atomic E-state index is 13.1.